The number of nitrogens with one attached hydrogen (secondary N) is 1. The minimum absolute atomic E-state index is 0.00178. The van der Waals surface area contributed by atoms with Gasteiger partial charge in [0, 0.05) is 44.4 Å². The normalized spacial score (nSPS) is 20.1. The highest BCUT2D eigenvalue weighted by molar-refractivity contribution is 5.97. The molecule has 2 atom stereocenters. The molecule has 6 heteroatoms. The molecule has 26 heavy (non-hydrogen) atoms. The summed E-state index contributed by atoms with van der Waals surface area (Å²) in [6, 6.07) is 13.0. The first-order valence-electron chi connectivity index (χ1n) is 8.97. The molecule has 2 aromatic rings. The maximum Gasteiger partial charge on any atom is 0.255 e. The fraction of sp³-hybridized carbons (Fsp3) is 0.400. The van der Waals surface area contributed by atoms with Crippen LogP contribution in [0, 0.1) is 5.92 Å². The van der Waals surface area contributed by atoms with E-state index in [0.29, 0.717) is 31.0 Å². The third-order valence-corrected chi connectivity index (χ3v) is 4.61. The second-order valence-electron chi connectivity index (χ2n) is 6.47. The van der Waals surface area contributed by atoms with Crippen molar-refractivity contribution in [3.8, 4) is 5.75 Å². The molecule has 0 unspecified atom stereocenters. The second kappa shape index (κ2) is 8.78. The number of ether oxygens (including phenoxy) is 1. The van der Waals surface area contributed by atoms with Gasteiger partial charge in [-0.2, -0.15) is 0 Å². The van der Waals surface area contributed by atoms with Crippen LogP contribution in [0.4, 0.5) is 0 Å². The lowest BCUT2D eigenvalue weighted by Gasteiger charge is -2.19. The van der Waals surface area contributed by atoms with Crippen molar-refractivity contribution in [1.29, 1.82) is 0 Å². The van der Waals surface area contributed by atoms with E-state index in [1.165, 1.54) is 0 Å². The van der Waals surface area contributed by atoms with E-state index in [1.54, 1.807) is 18.3 Å². The molecule has 1 aliphatic heterocycles. The Kier molecular flexibility index (Phi) is 6.20. The van der Waals surface area contributed by atoms with E-state index in [0.717, 1.165) is 12.2 Å². The van der Waals surface area contributed by atoms with Gasteiger partial charge in [0.25, 0.3) is 5.91 Å². The van der Waals surface area contributed by atoms with E-state index >= 15 is 0 Å². The molecule has 1 aromatic carbocycles. The molecular weight excluding hydrogens is 330 g/mol. The summed E-state index contributed by atoms with van der Waals surface area (Å²) >= 11 is 0. The first kappa shape index (κ1) is 18.4. The number of hydrogen-bond acceptors (Lipinski definition) is 5. The predicted octanol–water partition coefficient (Wildman–Crippen LogP) is 1.70. The van der Waals surface area contributed by atoms with Crippen LogP contribution in [0.3, 0.4) is 0 Å². The van der Waals surface area contributed by atoms with Crippen molar-refractivity contribution in [3.05, 3.63) is 59.9 Å². The lowest BCUT2D eigenvalue weighted by molar-refractivity contribution is 0.0917. The van der Waals surface area contributed by atoms with Gasteiger partial charge in [0.05, 0.1) is 17.9 Å². The van der Waals surface area contributed by atoms with Crippen LogP contribution in [0.25, 0.3) is 0 Å². The molecule has 0 saturated carbocycles. The molecule has 2 heterocycles. The molecule has 6 nitrogen and oxygen atoms in total. The topological polar surface area (TPSA) is 74.7 Å². The SMILES string of the molecule is CCOc1ccccc1C(=O)N[C@@H]1CN(Cc2ccccn2)C[C@H]1CO. The highest BCUT2D eigenvalue weighted by Crippen LogP contribution is 2.22. The van der Waals surface area contributed by atoms with Gasteiger partial charge in [0.1, 0.15) is 5.75 Å². The molecule has 1 aliphatic rings. The number of amides is 1. The largest absolute Gasteiger partial charge is 0.493 e. The fourth-order valence-corrected chi connectivity index (χ4v) is 3.34. The lowest BCUT2D eigenvalue weighted by Crippen LogP contribution is -2.41. The fourth-order valence-electron chi connectivity index (χ4n) is 3.34. The number of nitrogens with zero attached hydrogens (tertiary/aromatic N) is 2. The lowest BCUT2D eigenvalue weighted by atomic mass is 10.0. The number of benzene rings is 1. The van der Waals surface area contributed by atoms with Crippen LogP contribution < -0.4 is 10.1 Å². The van der Waals surface area contributed by atoms with Crippen LogP contribution in [-0.4, -0.2) is 53.2 Å². The van der Waals surface area contributed by atoms with Crippen LogP contribution in [-0.2, 0) is 6.54 Å². The van der Waals surface area contributed by atoms with Gasteiger partial charge in [-0.3, -0.25) is 14.7 Å². The first-order chi connectivity index (χ1) is 12.7. The zero-order valence-electron chi connectivity index (χ0n) is 15.0. The van der Waals surface area contributed by atoms with Gasteiger partial charge in [-0.25, -0.2) is 0 Å². The van der Waals surface area contributed by atoms with Crippen LogP contribution in [0.5, 0.6) is 5.75 Å². The van der Waals surface area contributed by atoms with Gasteiger partial charge in [0.2, 0.25) is 0 Å². The van der Waals surface area contributed by atoms with E-state index in [-0.39, 0.29) is 24.5 Å². The van der Waals surface area contributed by atoms with E-state index in [4.69, 9.17) is 4.74 Å². The molecule has 1 saturated heterocycles. The molecular formula is C20H25N3O3. The number of aromatic nitrogens is 1. The molecule has 1 aromatic heterocycles. The second-order valence-corrected chi connectivity index (χ2v) is 6.47. The number of pyridine rings is 1. The molecule has 0 aliphatic carbocycles. The molecule has 1 amide bonds. The minimum atomic E-state index is -0.169. The number of carbonyl (C=O) groups is 1. The monoisotopic (exact) mass is 355 g/mol. The third kappa shape index (κ3) is 4.39. The Morgan fingerprint density at radius 2 is 2.08 bits per heavy atom. The molecule has 1 fully saturated rings. The Morgan fingerprint density at radius 3 is 2.81 bits per heavy atom. The number of aliphatic hydroxyl groups is 1. The summed E-state index contributed by atoms with van der Waals surface area (Å²) in [5, 5.41) is 12.8. The quantitative estimate of drug-likeness (QED) is 0.791. The minimum Gasteiger partial charge on any atom is -0.493 e. The Bertz CT molecular complexity index is 723. The maximum absolute atomic E-state index is 12.7. The smallest absolute Gasteiger partial charge is 0.255 e. The molecule has 138 valence electrons. The molecule has 0 radical (unpaired) electrons. The van der Waals surface area contributed by atoms with Crippen molar-refractivity contribution in [2.75, 3.05) is 26.3 Å². The van der Waals surface area contributed by atoms with Crippen molar-refractivity contribution < 1.29 is 14.6 Å². The molecule has 0 bridgehead atoms. The zero-order chi connectivity index (χ0) is 18.4. The molecule has 0 spiro atoms. The highest BCUT2D eigenvalue weighted by Gasteiger charge is 2.34. The maximum atomic E-state index is 12.7. The van der Waals surface area contributed by atoms with Gasteiger partial charge in [0.15, 0.2) is 0 Å². The number of carbonyl (C=O) groups excluding carboxylic acids is 1. The summed E-state index contributed by atoms with van der Waals surface area (Å²) in [6.07, 6.45) is 1.78. The summed E-state index contributed by atoms with van der Waals surface area (Å²) in [6.45, 7) is 4.55. The summed E-state index contributed by atoms with van der Waals surface area (Å²) in [5.74, 6) is 0.412. The predicted molar refractivity (Wildman–Crippen MR) is 99.0 cm³/mol. The third-order valence-electron chi connectivity index (χ3n) is 4.61. The van der Waals surface area contributed by atoms with Crippen molar-refractivity contribution >= 4 is 5.91 Å². The van der Waals surface area contributed by atoms with Gasteiger partial charge < -0.3 is 15.2 Å². The van der Waals surface area contributed by atoms with Crippen LogP contribution in [0.2, 0.25) is 0 Å². The number of aliphatic hydroxyl groups excluding tert-OH is 1. The summed E-state index contributed by atoms with van der Waals surface area (Å²) < 4.78 is 5.55. The molecule has 2 N–H and O–H groups in total. The van der Waals surface area contributed by atoms with Crippen molar-refractivity contribution in [1.82, 2.24) is 15.2 Å². The Labute approximate surface area is 153 Å². The van der Waals surface area contributed by atoms with Crippen LogP contribution in [0.15, 0.2) is 48.7 Å². The summed E-state index contributed by atoms with van der Waals surface area (Å²) in [7, 11) is 0. The van der Waals surface area contributed by atoms with Crippen LogP contribution >= 0.6 is 0 Å². The Hall–Kier alpha value is -2.44. The van der Waals surface area contributed by atoms with Crippen LogP contribution in [0.1, 0.15) is 23.0 Å². The summed E-state index contributed by atoms with van der Waals surface area (Å²) in [4.78, 5) is 19.3. The number of rotatable bonds is 7. The van der Waals surface area contributed by atoms with Gasteiger partial charge in [-0.05, 0) is 31.2 Å². The Balaban J connectivity index is 1.66. The number of likely N-dealkylation sites (tertiary alicyclic amines) is 1. The summed E-state index contributed by atoms with van der Waals surface area (Å²) in [5.41, 5.74) is 1.51. The van der Waals surface area contributed by atoms with Gasteiger partial charge in [-0.1, -0.05) is 18.2 Å². The number of para-hydroxylation sites is 1. The first-order valence-corrected chi connectivity index (χ1v) is 8.97. The highest BCUT2D eigenvalue weighted by atomic mass is 16.5. The average Bonchev–Trinajstić information content (AvgIpc) is 3.04. The Morgan fingerprint density at radius 1 is 1.27 bits per heavy atom. The van der Waals surface area contributed by atoms with Crippen molar-refractivity contribution in [2.24, 2.45) is 5.92 Å². The van der Waals surface area contributed by atoms with Gasteiger partial charge >= 0.3 is 0 Å². The van der Waals surface area contributed by atoms with E-state index in [2.05, 4.69) is 15.2 Å². The van der Waals surface area contributed by atoms with Crippen molar-refractivity contribution in [2.45, 2.75) is 19.5 Å². The van der Waals surface area contributed by atoms with E-state index < -0.39 is 0 Å². The van der Waals surface area contributed by atoms with Gasteiger partial charge in [-0.15, -0.1) is 0 Å². The standard InChI is InChI=1S/C20H25N3O3/c1-2-26-19-9-4-3-8-17(19)20(25)22-18-13-23(11-15(18)14-24)12-16-7-5-6-10-21-16/h3-10,15,18,24H,2,11-14H2,1H3,(H,22,25)/t15-,18+/m0/s1. The number of hydrogen-bond donors (Lipinski definition) is 2. The zero-order valence-corrected chi connectivity index (χ0v) is 15.0. The molecule has 3 rings (SSSR count). The average molecular weight is 355 g/mol. The van der Waals surface area contributed by atoms with Crippen molar-refractivity contribution in [3.63, 3.8) is 0 Å². The van der Waals surface area contributed by atoms with E-state index in [9.17, 15) is 9.90 Å². The van der Waals surface area contributed by atoms with E-state index in [1.807, 2.05) is 37.3 Å².